The molecule has 9 nitrogen and oxygen atoms in total. The van der Waals surface area contributed by atoms with E-state index in [-0.39, 0.29) is 45.3 Å². The number of benzene rings is 1. The molecule has 1 aromatic carbocycles. The van der Waals surface area contributed by atoms with E-state index in [0.29, 0.717) is 17.7 Å². The number of alkyl halides is 3. The minimum Gasteiger partial charge on any atom is -0.347 e. The fraction of sp³-hybridized carbons (Fsp3) is 0.375. The highest BCUT2D eigenvalue weighted by Gasteiger charge is 2.52. The largest absolute Gasteiger partial charge is 0.516 e. The molecular formula is C24H24ClF5N6O3S. The van der Waals surface area contributed by atoms with Crippen LogP contribution in [0.3, 0.4) is 0 Å². The van der Waals surface area contributed by atoms with Gasteiger partial charge >= 0.3 is 15.5 Å². The van der Waals surface area contributed by atoms with Crippen LogP contribution in [0.15, 0.2) is 35.6 Å². The topological polar surface area (TPSA) is 99.4 Å². The van der Waals surface area contributed by atoms with E-state index in [4.69, 9.17) is 11.6 Å². The minimum absolute atomic E-state index is 0.0637. The van der Waals surface area contributed by atoms with Crippen molar-refractivity contribution in [2.24, 2.45) is 11.0 Å². The number of carbonyl (C=O) groups is 1. The molecule has 216 valence electrons. The number of amides is 1. The first-order valence-electron chi connectivity index (χ1n) is 12.0. The van der Waals surface area contributed by atoms with Crippen LogP contribution in [0.25, 0.3) is 5.65 Å². The van der Waals surface area contributed by atoms with E-state index < -0.39 is 45.5 Å². The lowest BCUT2D eigenvalue weighted by molar-refractivity contribution is -0.0473. The van der Waals surface area contributed by atoms with Crippen LogP contribution >= 0.6 is 11.6 Å². The summed E-state index contributed by atoms with van der Waals surface area (Å²) in [7, 11) is -5.67. The summed E-state index contributed by atoms with van der Waals surface area (Å²) in [6.45, 7) is 3.66. The number of sulfonamides is 1. The van der Waals surface area contributed by atoms with Crippen molar-refractivity contribution in [2.45, 2.75) is 39.2 Å². The number of fused-ring (bicyclic) bond motifs is 1. The zero-order chi connectivity index (χ0) is 29.6. The summed E-state index contributed by atoms with van der Waals surface area (Å²) in [6, 6.07) is 5.00. The van der Waals surface area contributed by atoms with Crippen LogP contribution in [0, 0.1) is 17.6 Å². The third-order valence-electron chi connectivity index (χ3n) is 6.10. The Hall–Kier alpha value is -3.46. The molecule has 1 aliphatic rings. The smallest absolute Gasteiger partial charge is 0.347 e. The molecule has 1 N–H and O–H groups in total. The fourth-order valence-electron chi connectivity index (χ4n) is 4.21. The molecule has 1 aliphatic heterocycles. The molecule has 0 aliphatic carbocycles. The van der Waals surface area contributed by atoms with Crippen molar-refractivity contribution < 1.29 is 35.2 Å². The molecule has 0 bridgehead atoms. The molecule has 0 spiro atoms. The predicted molar refractivity (Wildman–Crippen MR) is 138 cm³/mol. The van der Waals surface area contributed by atoms with Crippen LogP contribution in [0.2, 0.25) is 5.02 Å². The van der Waals surface area contributed by atoms with Gasteiger partial charge in [-0.3, -0.25) is 14.2 Å². The number of imidazole rings is 1. The van der Waals surface area contributed by atoms with Crippen molar-refractivity contribution in [3.8, 4) is 0 Å². The molecule has 3 heterocycles. The lowest BCUT2D eigenvalue weighted by atomic mass is 10.1. The zero-order valence-electron chi connectivity index (χ0n) is 21.4. The molecule has 0 saturated carbocycles. The quantitative estimate of drug-likeness (QED) is 0.393. The standard InChI is InChI=1S/C24H24ClF5N6O3S/c1-4-18-20(34-12-15(25)10-17(27)22(34)32-18)23(37)31-11-14-5-6-19(16(26)9-14)35-7-8-36(21(33-35)13(2)3)40(38,39)24(28,29)30/h5-6,9-10,12-13H,4,7-8,11H2,1-3H3,(H,31,37). The lowest BCUT2D eigenvalue weighted by Crippen LogP contribution is -2.52. The van der Waals surface area contributed by atoms with Crippen LogP contribution in [0.5, 0.6) is 0 Å². The third-order valence-corrected chi connectivity index (χ3v) is 7.84. The number of carbonyl (C=O) groups excluding carboxylic acids is 1. The molecular weight excluding hydrogens is 583 g/mol. The lowest BCUT2D eigenvalue weighted by Gasteiger charge is -2.35. The van der Waals surface area contributed by atoms with Gasteiger partial charge in [0.2, 0.25) is 0 Å². The number of hydrogen-bond acceptors (Lipinski definition) is 6. The number of aryl methyl sites for hydroxylation is 1. The van der Waals surface area contributed by atoms with Gasteiger partial charge in [0.1, 0.15) is 17.3 Å². The van der Waals surface area contributed by atoms with Crippen molar-refractivity contribution in [3.05, 3.63) is 64.1 Å². The second kappa shape index (κ2) is 10.8. The van der Waals surface area contributed by atoms with Crippen molar-refractivity contribution >= 4 is 44.7 Å². The second-order valence-corrected chi connectivity index (χ2v) is 11.5. The SMILES string of the molecule is CCc1nc2c(F)cc(Cl)cn2c1C(=O)NCc1ccc(N2CCN(S(=O)(=O)C(F)(F)F)C(C(C)C)=N2)c(F)c1. The molecule has 4 rings (SSSR count). The number of nitrogens with zero attached hydrogens (tertiary/aromatic N) is 5. The molecule has 16 heteroatoms. The molecule has 1 amide bonds. The first-order valence-corrected chi connectivity index (χ1v) is 13.8. The summed E-state index contributed by atoms with van der Waals surface area (Å²) in [5.74, 6) is -3.17. The average Bonchev–Trinajstić information content (AvgIpc) is 3.25. The van der Waals surface area contributed by atoms with Gasteiger partial charge < -0.3 is 5.32 Å². The highest BCUT2D eigenvalue weighted by atomic mass is 35.5. The summed E-state index contributed by atoms with van der Waals surface area (Å²) in [4.78, 5) is 17.2. The summed E-state index contributed by atoms with van der Waals surface area (Å²) in [6.07, 6.45) is 1.70. The highest BCUT2D eigenvalue weighted by molar-refractivity contribution is 7.90. The Morgan fingerprint density at radius 2 is 1.85 bits per heavy atom. The molecule has 3 aromatic rings. The van der Waals surface area contributed by atoms with Gasteiger partial charge in [-0.15, -0.1) is 0 Å². The van der Waals surface area contributed by atoms with Gasteiger partial charge in [-0.25, -0.2) is 18.1 Å². The Morgan fingerprint density at radius 3 is 2.45 bits per heavy atom. The molecule has 2 aromatic heterocycles. The highest BCUT2D eigenvalue weighted by Crippen LogP contribution is 2.31. The van der Waals surface area contributed by atoms with Crippen molar-refractivity contribution in [2.75, 3.05) is 18.1 Å². The summed E-state index contributed by atoms with van der Waals surface area (Å²) in [5, 5.41) is 7.81. The Bertz CT molecular complexity index is 1610. The average molecular weight is 607 g/mol. The predicted octanol–water partition coefficient (Wildman–Crippen LogP) is 4.70. The van der Waals surface area contributed by atoms with Crippen LogP contribution in [0.1, 0.15) is 42.5 Å². The molecule has 0 saturated heterocycles. The number of hydrogen-bond donors (Lipinski definition) is 1. The number of amidine groups is 1. The zero-order valence-corrected chi connectivity index (χ0v) is 23.0. The number of pyridine rings is 1. The number of anilines is 1. The molecule has 0 atom stereocenters. The van der Waals surface area contributed by atoms with Crippen molar-refractivity contribution in [1.29, 1.82) is 0 Å². The Kier molecular flexibility index (Phi) is 8.00. The summed E-state index contributed by atoms with van der Waals surface area (Å²) < 4.78 is 94.2. The maximum Gasteiger partial charge on any atom is 0.516 e. The van der Waals surface area contributed by atoms with E-state index in [1.54, 1.807) is 6.92 Å². The van der Waals surface area contributed by atoms with Gasteiger partial charge in [-0.05, 0) is 30.2 Å². The maximum atomic E-state index is 15.1. The fourth-order valence-corrected chi connectivity index (χ4v) is 5.47. The van der Waals surface area contributed by atoms with E-state index in [0.717, 1.165) is 17.1 Å². The van der Waals surface area contributed by atoms with E-state index in [1.807, 2.05) is 0 Å². The molecule has 0 unspecified atom stereocenters. The van der Waals surface area contributed by atoms with E-state index in [1.165, 1.54) is 36.6 Å². The summed E-state index contributed by atoms with van der Waals surface area (Å²) >= 11 is 5.94. The van der Waals surface area contributed by atoms with Crippen LogP contribution in [0.4, 0.5) is 27.6 Å². The molecule has 0 radical (unpaired) electrons. The van der Waals surface area contributed by atoms with Crippen molar-refractivity contribution in [3.63, 3.8) is 0 Å². The van der Waals surface area contributed by atoms with Crippen LogP contribution in [-0.4, -0.2) is 52.4 Å². The number of rotatable bonds is 7. The minimum atomic E-state index is -5.67. The van der Waals surface area contributed by atoms with Gasteiger partial charge in [0.15, 0.2) is 11.5 Å². The number of halogens is 6. The van der Waals surface area contributed by atoms with Crippen LogP contribution < -0.4 is 10.3 Å². The van der Waals surface area contributed by atoms with Gasteiger partial charge in [0, 0.05) is 18.7 Å². The maximum absolute atomic E-state index is 15.1. The van der Waals surface area contributed by atoms with Crippen LogP contribution in [-0.2, 0) is 23.0 Å². The number of aromatic nitrogens is 2. The Balaban J connectivity index is 1.55. The Morgan fingerprint density at radius 1 is 1.15 bits per heavy atom. The van der Waals surface area contributed by atoms with E-state index >= 15 is 4.39 Å². The monoisotopic (exact) mass is 606 g/mol. The van der Waals surface area contributed by atoms with Crippen molar-refractivity contribution in [1.82, 2.24) is 19.0 Å². The van der Waals surface area contributed by atoms with Gasteiger partial charge in [0.25, 0.3) is 5.91 Å². The number of hydrazone groups is 1. The second-order valence-electron chi connectivity index (χ2n) is 9.19. The molecule has 0 fully saturated rings. The Labute approximate surface area is 231 Å². The third kappa shape index (κ3) is 5.44. The van der Waals surface area contributed by atoms with Gasteiger partial charge in [0.05, 0.1) is 29.5 Å². The van der Waals surface area contributed by atoms with E-state index in [2.05, 4.69) is 15.4 Å². The number of nitrogens with one attached hydrogen (secondary N) is 1. The first-order chi connectivity index (χ1) is 18.7. The van der Waals surface area contributed by atoms with Gasteiger partial charge in [-0.2, -0.15) is 26.7 Å². The normalized spacial score (nSPS) is 14.7. The van der Waals surface area contributed by atoms with E-state index in [9.17, 15) is 30.8 Å². The summed E-state index contributed by atoms with van der Waals surface area (Å²) in [5.41, 5.74) is -4.89. The first kappa shape index (κ1) is 29.5. The van der Waals surface area contributed by atoms with Gasteiger partial charge in [-0.1, -0.05) is 38.4 Å². The molecule has 40 heavy (non-hydrogen) atoms.